The molecule has 0 fully saturated rings. The summed E-state index contributed by atoms with van der Waals surface area (Å²) in [7, 11) is 0. The fourth-order valence-electron chi connectivity index (χ4n) is 1.22. The zero-order valence-electron chi connectivity index (χ0n) is 9.61. The zero-order valence-corrected chi connectivity index (χ0v) is 9.61. The summed E-state index contributed by atoms with van der Waals surface area (Å²) in [6.45, 7) is 1.83. The molecule has 1 rings (SSSR count). The Hall–Kier alpha value is -2.51. The number of para-hydroxylation sites is 2. The van der Waals surface area contributed by atoms with E-state index in [1.54, 1.807) is 6.92 Å². The molecule has 0 atom stereocenters. The number of carbonyl (C=O) groups is 1. The lowest BCUT2D eigenvalue weighted by molar-refractivity contribution is -0.385. The number of benzene rings is 1. The third kappa shape index (κ3) is 3.24. The summed E-state index contributed by atoms with van der Waals surface area (Å²) in [6.07, 6.45) is -0.529. The monoisotopic (exact) mass is 253 g/mol. The van der Waals surface area contributed by atoms with Crippen LogP contribution in [0.15, 0.2) is 29.6 Å². The molecule has 0 unspecified atom stereocenters. The quantitative estimate of drug-likeness (QED) is 0.455. The molecule has 1 amide bonds. The van der Waals surface area contributed by atoms with Crippen molar-refractivity contribution in [2.24, 2.45) is 5.29 Å². The summed E-state index contributed by atoms with van der Waals surface area (Å²) >= 11 is 0. The number of nitrogens with zero attached hydrogens (tertiary/aromatic N) is 3. The van der Waals surface area contributed by atoms with Gasteiger partial charge in [0.25, 0.3) is 0 Å². The topological polar surface area (TPSA) is 102 Å². The molecule has 18 heavy (non-hydrogen) atoms. The third-order valence-corrected chi connectivity index (χ3v) is 2.00. The van der Waals surface area contributed by atoms with E-state index in [1.807, 2.05) is 0 Å². The molecule has 8 nitrogen and oxygen atoms in total. The van der Waals surface area contributed by atoms with Crippen molar-refractivity contribution < 1.29 is 14.5 Å². The maximum atomic E-state index is 11.5. The van der Waals surface area contributed by atoms with Crippen molar-refractivity contribution in [2.75, 3.05) is 6.54 Å². The van der Waals surface area contributed by atoms with Gasteiger partial charge in [-0.2, -0.15) is 5.01 Å². The summed E-state index contributed by atoms with van der Waals surface area (Å²) in [5.41, 5.74) is -0.354. The molecule has 0 heterocycles. The molecule has 8 heteroatoms. The van der Waals surface area contributed by atoms with Crippen molar-refractivity contribution in [1.82, 2.24) is 5.01 Å². The largest absolute Gasteiger partial charge is 0.438 e. The molecular weight excluding hydrogens is 242 g/mol. The Balaban J connectivity index is 2.87. The second-order valence-corrected chi connectivity index (χ2v) is 3.30. The Morgan fingerprint density at radius 2 is 2.17 bits per heavy atom. The van der Waals surface area contributed by atoms with Crippen LogP contribution < -0.4 is 4.74 Å². The van der Waals surface area contributed by atoms with Crippen LogP contribution in [0.25, 0.3) is 0 Å². The molecule has 0 aliphatic carbocycles. The normalized spacial score (nSPS) is 9.61. The molecule has 0 bridgehead atoms. The lowest BCUT2D eigenvalue weighted by Gasteiger charge is -2.11. The molecular formula is C10H11N3O5. The maximum Gasteiger partial charge on any atom is 0.438 e. The highest BCUT2D eigenvalue weighted by atomic mass is 16.6. The summed E-state index contributed by atoms with van der Waals surface area (Å²) in [5, 5.41) is 13.7. The van der Waals surface area contributed by atoms with Gasteiger partial charge in [0.15, 0.2) is 0 Å². The van der Waals surface area contributed by atoms with E-state index >= 15 is 0 Å². The van der Waals surface area contributed by atoms with E-state index in [0.29, 0.717) is 11.4 Å². The van der Waals surface area contributed by atoms with Crippen molar-refractivity contribution >= 4 is 11.8 Å². The Morgan fingerprint density at radius 1 is 1.50 bits per heavy atom. The highest BCUT2D eigenvalue weighted by Crippen LogP contribution is 2.26. The predicted molar refractivity (Wildman–Crippen MR) is 61.9 cm³/mol. The molecule has 96 valence electrons. The maximum absolute atomic E-state index is 11.5. The highest BCUT2D eigenvalue weighted by Gasteiger charge is 2.21. The van der Waals surface area contributed by atoms with E-state index in [1.165, 1.54) is 24.3 Å². The summed E-state index contributed by atoms with van der Waals surface area (Å²) < 4.78 is 4.76. The SMILES string of the molecule is CCCN(N=O)C(=O)Oc1ccccc1[N+](=O)[O-]. The van der Waals surface area contributed by atoms with Gasteiger partial charge in [0.2, 0.25) is 5.75 Å². The molecule has 0 saturated heterocycles. The number of hydrogen-bond donors (Lipinski definition) is 0. The number of nitroso groups, excluding NO2 is 1. The van der Waals surface area contributed by atoms with Crippen LogP contribution in [0.1, 0.15) is 13.3 Å². The van der Waals surface area contributed by atoms with Gasteiger partial charge in [-0.25, -0.2) is 4.79 Å². The Morgan fingerprint density at radius 3 is 2.72 bits per heavy atom. The van der Waals surface area contributed by atoms with E-state index in [9.17, 15) is 19.8 Å². The molecule has 0 spiro atoms. The van der Waals surface area contributed by atoms with Gasteiger partial charge in [-0.3, -0.25) is 10.1 Å². The first-order valence-corrected chi connectivity index (χ1v) is 5.16. The number of rotatable bonds is 5. The molecule has 0 saturated carbocycles. The summed E-state index contributed by atoms with van der Waals surface area (Å²) in [5.74, 6) is -0.225. The number of ether oxygens (including phenoxy) is 1. The smallest absolute Gasteiger partial charge is 0.401 e. The second kappa shape index (κ2) is 6.28. The number of hydrogen-bond acceptors (Lipinski definition) is 6. The van der Waals surface area contributed by atoms with Crippen molar-refractivity contribution in [3.63, 3.8) is 0 Å². The van der Waals surface area contributed by atoms with Gasteiger partial charge in [-0.15, -0.1) is 4.91 Å². The average molecular weight is 253 g/mol. The first-order chi connectivity index (χ1) is 8.60. The molecule has 0 radical (unpaired) electrons. The van der Waals surface area contributed by atoms with Gasteiger partial charge in [-0.05, 0) is 12.5 Å². The Kier molecular flexibility index (Phi) is 4.73. The summed E-state index contributed by atoms with van der Waals surface area (Å²) in [6, 6.07) is 5.39. The van der Waals surface area contributed by atoms with Gasteiger partial charge in [0.05, 0.1) is 16.8 Å². The van der Waals surface area contributed by atoms with E-state index < -0.39 is 11.0 Å². The van der Waals surface area contributed by atoms with Crippen LogP contribution in [0.4, 0.5) is 10.5 Å². The van der Waals surface area contributed by atoms with Crippen molar-refractivity contribution in [1.29, 1.82) is 0 Å². The summed E-state index contributed by atoms with van der Waals surface area (Å²) in [4.78, 5) is 31.9. The van der Waals surface area contributed by atoms with Crippen molar-refractivity contribution in [2.45, 2.75) is 13.3 Å². The minimum absolute atomic E-state index is 0.0863. The molecule has 1 aromatic rings. The van der Waals surface area contributed by atoms with Crippen LogP contribution in [0, 0.1) is 15.0 Å². The molecule has 0 aromatic heterocycles. The van der Waals surface area contributed by atoms with Crippen LogP contribution in [-0.4, -0.2) is 22.6 Å². The van der Waals surface area contributed by atoms with Crippen LogP contribution in [0.3, 0.4) is 0 Å². The first kappa shape index (κ1) is 13.6. The van der Waals surface area contributed by atoms with Crippen LogP contribution in [-0.2, 0) is 0 Å². The average Bonchev–Trinajstić information content (AvgIpc) is 2.36. The van der Waals surface area contributed by atoms with E-state index in [4.69, 9.17) is 4.74 Å². The molecule has 0 N–H and O–H groups in total. The van der Waals surface area contributed by atoms with Crippen LogP contribution >= 0.6 is 0 Å². The predicted octanol–water partition coefficient (Wildman–Crippen LogP) is 2.49. The Labute approximate surface area is 102 Å². The lowest BCUT2D eigenvalue weighted by Crippen LogP contribution is -2.29. The number of amides is 1. The molecule has 0 aliphatic heterocycles. The number of nitro groups is 1. The van der Waals surface area contributed by atoms with Gasteiger partial charge >= 0.3 is 11.8 Å². The molecule has 1 aromatic carbocycles. The second-order valence-electron chi connectivity index (χ2n) is 3.30. The molecule has 0 aliphatic rings. The first-order valence-electron chi connectivity index (χ1n) is 5.16. The standard InChI is InChI=1S/C10H11N3O5/c1-2-7-12(11-15)10(14)18-9-6-4-3-5-8(9)13(16)17/h3-6H,2,7H2,1H3. The van der Waals surface area contributed by atoms with Crippen LogP contribution in [0.5, 0.6) is 5.75 Å². The fourth-order valence-corrected chi connectivity index (χ4v) is 1.22. The van der Waals surface area contributed by atoms with Crippen LogP contribution in [0.2, 0.25) is 0 Å². The fraction of sp³-hybridized carbons (Fsp3) is 0.300. The van der Waals surface area contributed by atoms with E-state index in [0.717, 1.165) is 0 Å². The highest BCUT2D eigenvalue weighted by molar-refractivity contribution is 5.71. The Bertz CT molecular complexity index is 463. The number of nitro benzene ring substituents is 1. The zero-order chi connectivity index (χ0) is 13.5. The number of carbonyl (C=O) groups excluding carboxylic acids is 1. The lowest BCUT2D eigenvalue weighted by atomic mass is 10.3. The van der Waals surface area contributed by atoms with Gasteiger partial charge in [-0.1, -0.05) is 19.1 Å². The van der Waals surface area contributed by atoms with Crippen molar-refractivity contribution in [3.05, 3.63) is 39.3 Å². The van der Waals surface area contributed by atoms with E-state index in [2.05, 4.69) is 5.29 Å². The van der Waals surface area contributed by atoms with Gasteiger partial charge in [0.1, 0.15) is 0 Å². The minimum Gasteiger partial charge on any atom is -0.401 e. The van der Waals surface area contributed by atoms with Gasteiger partial charge < -0.3 is 4.74 Å². The minimum atomic E-state index is -1.04. The van der Waals surface area contributed by atoms with Gasteiger partial charge in [0, 0.05) is 6.07 Å². The van der Waals surface area contributed by atoms with Crippen molar-refractivity contribution in [3.8, 4) is 5.75 Å². The third-order valence-electron chi connectivity index (χ3n) is 2.00. The van der Waals surface area contributed by atoms with E-state index in [-0.39, 0.29) is 18.0 Å².